The van der Waals surface area contributed by atoms with E-state index in [-0.39, 0.29) is 11.3 Å². The molecule has 0 aromatic heterocycles. The van der Waals surface area contributed by atoms with Crippen LogP contribution in [-0.2, 0) is 9.53 Å². The predicted molar refractivity (Wildman–Crippen MR) is 142 cm³/mol. The lowest BCUT2D eigenvalue weighted by Crippen LogP contribution is -2.63. The lowest BCUT2D eigenvalue weighted by atomic mass is 9.88. The number of unbranched alkanes of at least 4 members (excludes halogenated alkanes) is 1. The normalized spacial score (nSPS) is 31.9. The Labute approximate surface area is 212 Å². The first-order valence-corrected chi connectivity index (χ1v) is 13.6. The summed E-state index contributed by atoms with van der Waals surface area (Å²) in [6.45, 7) is 23.1. The third kappa shape index (κ3) is 5.68. The number of hydrogen-bond acceptors (Lipinski definition) is 6. The SMILES string of the molecule is C=C1NC2=C(C=C1CCCC)N(C(=O)CN1C[C@@H](C)NC[C@@H]1CN1[C@H](C)COC[C@H]1C)CC2(C)C. The number of carbonyl (C=O) groups is 1. The second-order valence-corrected chi connectivity index (χ2v) is 11.8. The number of carbonyl (C=O) groups excluding carboxylic acids is 1. The predicted octanol–water partition coefficient (Wildman–Crippen LogP) is 3.07. The van der Waals surface area contributed by atoms with Crippen LogP contribution < -0.4 is 10.6 Å². The van der Waals surface area contributed by atoms with Crippen LogP contribution in [0.15, 0.2) is 35.3 Å². The lowest BCUT2D eigenvalue weighted by Gasteiger charge is -2.46. The van der Waals surface area contributed by atoms with E-state index in [0.29, 0.717) is 37.3 Å². The summed E-state index contributed by atoms with van der Waals surface area (Å²) in [6.07, 6.45) is 5.50. The summed E-state index contributed by atoms with van der Waals surface area (Å²) in [7, 11) is 0. The topological polar surface area (TPSA) is 60.1 Å². The van der Waals surface area contributed by atoms with Crippen molar-refractivity contribution < 1.29 is 9.53 Å². The Hall–Kier alpha value is -1.67. The Morgan fingerprint density at radius 3 is 2.63 bits per heavy atom. The maximum atomic E-state index is 13.8. The minimum absolute atomic E-state index is 0.116. The van der Waals surface area contributed by atoms with Gasteiger partial charge in [0.05, 0.1) is 25.5 Å². The molecule has 1 amide bonds. The maximum Gasteiger partial charge on any atom is 0.241 e. The van der Waals surface area contributed by atoms with E-state index in [2.05, 4.69) is 74.6 Å². The highest BCUT2D eigenvalue weighted by molar-refractivity contribution is 5.82. The molecule has 4 aliphatic heterocycles. The van der Waals surface area contributed by atoms with Crippen molar-refractivity contribution in [1.29, 1.82) is 0 Å². The Morgan fingerprint density at radius 1 is 1.23 bits per heavy atom. The molecule has 196 valence electrons. The van der Waals surface area contributed by atoms with E-state index in [4.69, 9.17) is 4.74 Å². The van der Waals surface area contributed by atoms with Crippen molar-refractivity contribution >= 4 is 5.91 Å². The number of allylic oxidation sites excluding steroid dienone is 2. The van der Waals surface area contributed by atoms with Crippen LogP contribution in [0.25, 0.3) is 0 Å². The Morgan fingerprint density at radius 2 is 1.94 bits per heavy atom. The van der Waals surface area contributed by atoms with Gasteiger partial charge in [-0.1, -0.05) is 33.8 Å². The van der Waals surface area contributed by atoms with Gasteiger partial charge in [-0.15, -0.1) is 0 Å². The number of hydrogen-bond donors (Lipinski definition) is 2. The van der Waals surface area contributed by atoms with Crippen LogP contribution in [0.5, 0.6) is 0 Å². The zero-order valence-electron chi connectivity index (χ0n) is 22.8. The van der Waals surface area contributed by atoms with Crippen molar-refractivity contribution in [3.8, 4) is 0 Å². The summed E-state index contributed by atoms with van der Waals surface area (Å²) in [5.41, 5.74) is 4.29. The second kappa shape index (κ2) is 10.8. The third-order valence-electron chi connectivity index (χ3n) is 8.19. The van der Waals surface area contributed by atoms with Gasteiger partial charge < -0.3 is 20.3 Å². The number of ether oxygens (including phenoxy) is 1. The number of rotatable bonds is 7. The summed E-state index contributed by atoms with van der Waals surface area (Å²) in [6, 6.07) is 1.48. The first kappa shape index (κ1) is 26.4. The van der Waals surface area contributed by atoms with E-state index in [1.807, 2.05) is 4.90 Å². The Bertz CT molecular complexity index is 869. The van der Waals surface area contributed by atoms with Crippen LogP contribution >= 0.6 is 0 Å². The molecule has 4 rings (SSSR count). The molecule has 0 radical (unpaired) electrons. The molecule has 4 atom stereocenters. The van der Waals surface area contributed by atoms with Crippen molar-refractivity contribution in [2.24, 2.45) is 5.41 Å². The van der Waals surface area contributed by atoms with Crippen LogP contribution in [0.4, 0.5) is 0 Å². The average Bonchev–Trinajstić information content (AvgIpc) is 3.06. The van der Waals surface area contributed by atoms with Gasteiger partial charge in [-0.25, -0.2) is 0 Å². The zero-order valence-corrected chi connectivity index (χ0v) is 22.8. The average molecular weight is 486 g/mol. The highest BCUT2D eigenvalue weighted by Gasteiger charge is 2.43. The smallest absolute Gasteiger partial charge is 0.241 e. The van der Waals surface area contributed by atoms with Crippen molar-refractivity contribution in [1.82, 2.24) is 25.3 Å². The van der Waals surface area contributed by atoms with Gasteiger partial charge in [0.1, 0.15) is 0 Å². The van der Waals surface area contributed by atoms with Crippen LogP contribution in [0.1, 0.15) is 60.8 Å². The van der Waals surface area contributed by atoms with Gasteiger partial charge >= 0.3 is 0 Å². The van der Waals surface area contributed by atoms with Gasteiger partial charge in [0.2, 0.25) is 5.91 Å². The quantitative estimate of drug-likeness (QED) is 0.578. The zero-order chi connectivity index (χ0) is 25.3. The molecule has 4 heterocycles. The molecule has 2 fully saturated rings. The molecule has 0 aliphatic carbocycles. The summed E-state index contributed by atoms with van der Waals surface area (Å²) in [4.78, 5) is 20.9. The maximum absolute atomic E-state index is 13.8. The van der Waals surface area contributed by atoms with Gasteiger partial charge in [0.15, 0.2) is 0 Å². The number of piperazine rings is 1. The van der Waals surface area contributed by atoms with Gasteiger partial charge in [0, 0.05) is 67.2 Å². The summed E-state index contributed by atoms with van der Waals surface area (Å²) >= 11 is 0. The summed E-state index contributed by atoms with van der Waals surface area (Å²) < 4.78 is 5.75. The van der Waals surface area contributed by atoms with Gasteiger partial charge in [-0.3, -0.25) is 14.6 Å². The second-order valence-electron chi connectivity index (χ2n) is 11.8. The highest BCUT2D eigenvalue weighted by Crippen LogP contribution is 2.41. The summed E-state index contributed by atoms with van der Waals surface area (Å²) in [5, 5.41) is 7.23. The number of amides is 1. The molecular weight excluding hydrogens is 438 g/mol. The molecule has 0 saturated carbocycles. The molecular formula is C28H47N5O2. The van der Waals surface area contributed by atoms with E-state index in [1.165, 1.54) is 5.57 Å². The minimum atomic E-state index is -0.116. The molecule has 7 nitrogen and oxygen atoms in total. The van der Waals surface area contributed by atoms with E-state index < -0.39 is 0 Å². The van der Waals surface area contributed by atoms with Crippen molar-refractivity contribution in [2.45, 2.75) is 85.0 Å². The number of nitrogens with zero attached hydrogens (tertiary/aromatic N) is 3. The van der Waals surface area contributed by atoms with E-state index >= 15 is 0 Å². The standard InChI is InChI=1S/C28H47N5O2/c1-8-9-10-23-11-25-27(30-22(23)5)28(6,7)18-33(25)26(34)15-31-13-19(2)29-12-24(31)14-32-20(3)16-35-17-21(32)4/h11,19-21,24,29-30H,5,8-10,12-18H2,1-4,6-7H3/t19-,20-,21-,24-/m1/s1. The fraction of sp³-hybridized carbons (Fsp3) is 0.750. The van der Waals surface area contributed by atoms with E-state index in [9.17, 15) is 4.79 Å². The van der Waals surface area contributed by atoms with Gasteiger partial charge in [-0.05, 0) is 45.3 Å². The number of dihydropyridines is 1. The van der Waals surface area contributed by atoms with Crippen molar-refractivity contribution in [3.63, 3.8) is 0 Å². The molecule has 7 heteroatoms. The number of morpholine rings is 1. The van der Waals surface area contributed by atoms with Gasteiger partial charge in [-0.2, -0.15) is 0 Å². The fourth-order valence-corrected chi connectivity index (χ4v) is 6.02. The number of nitrogens with one attached hydrogen (secondary N) is 2. The molecule has 0 aromatic rings. The summed E-state index contributed by atoms with van der Waals surface area (Å²) in [5.74, 6) is 0.200. The van der Waals surface area contributed by atoms with E-state index in [1.54, 1.807) is 0 Å². The third-order valence-corrected chi connectivity index (χ3v) is 8.19. The first-order chi connectivity index (χ1) is 16.6. The molecule has 2 saturated heterocycles. The monoisotopic (exact) mass is 485 g/mol. The molecule has 2 N–H and O–H groups in total. The van der Waals surface area contributed by atoms with Crippen LogP contribution in [-0.4, -0.2) is 90.7 Å². The van der Waals surface area contributed by atoms with E-state index in [0.717, 1.165) is 69.2 Å². The van der Waals surface area contributed by atoms with Gasteiger partial charge in [0.25, 0.3) is 0 Å². The molecule has 35 heavy (non-hydrogen) atoms. The minimum Gasteiger partial charge on any atom is -0.378 e. The molecule has 0 aromatic carbocycles. The Kier molecular flexibility index (Phi) is 8.11. The molecule has 4 aliphatic rings. The largest absolute Gasteiger partial charge is 0.378 e. The molecule has 0 unspecified atom stereocenters. The fourth-order valence-electron chi connectivity index (χ4n) is 6.02. The van der Waals surface area contributed by atoms with Crippen molar-refractivity contribution in [2.75, 3.05) is 45.9 Å². The van der Waals surface area contributed by atoms with Crippen molar-refractivity contribution in [3.05, 3.63) is 35.3 Å². The van der Waals surface area contributed by atoms with Crippen LogP contribution in [0.3, 0.4) is 0 Å². The lowest BCUT2D eigenvalue weighted by molar-refractivity contribution is -0.132. The molecule has 0 spiro atoms. The van der Waals surface area contributed by atoms with Crippen LogP contribution in [0.2, 0.25) is 0 Å². The van der Waals surface area contributed by atoms with Crippen LogP contribution in [0, 0.1) is 5.41 Å². The Balaban J connectivity index is 1.50. The molecule has 0 bridgehead atoms. The first-order valence-electron chi connectivity index (χ1n) is 13.6. The highest BCUT2D eigenvalue weighted by atomic mass is 16.5.